The molecule has 3 aromatic carbocycles. The van der Waals surface area contributed by atoms with E-state index in [2.05, 4.69) is 5.32 Å². The topological polar surface area (TPSA) is 66.0 Å². The molecule has 0 unspecified atom stereocenters. The number of hydrogen-bond acceptors (Lipinski definition) is 5. The summed E-state index contributed by atoms with van der Waals surface area (Å²) in [5, 5.41) is 3.11. The Morgan fingerprint density at radius 3 is 2.39 bits per heavy atom. The smallest absolute Gasteiger partial charge is 0.255 e. The second-order valence-electron chi connectivity index (χ2n) is 6.51. The first-order valence-electron chi connectivity index (χ1n) is 9.72. The molecule has 31 heavy (non-hydrogen) atoms. The summed E-state index contributed by atoms with van der Waals surface area (Å²) in [5.41, 5.74) is 1.80. The average molecular weight is 442 g/mol. The molecule has 0 radical (unpaired) electrons. The molecule has 0 aliphatic rings. The molecular formula is C24H24ClNO5. The van der Waals surface area contributed by atoms with Gasteiger partial charge in [-0.2, -0.15) is 0 Å². The van der Waals surface area contributed by atoms with Crippen molar-refractivity contribution in [1.82, 2.24) is 0 Å². The molecule has 0 aliphatic heterocycles. The van der Waals surface area contributed by atoms with Gasteiger partial charge in [0, 0.05) is 11.6 Å². The van der Waals surface area contributed by atoms with Crippen molar-refractivity contribution in [3.8, 4) is 23.0 Å². The van der Waals surface area contributed by atoms with E-state index in [9.17, 15) is 4.79 Å². The number of carbonyl (C=O) groups is 1. The monoisotopic (exact) mass is 441 g/mol. The Labute approximate surface area is 186 Å². The lowest BCUT2D eigenvalue weighted by molar-refractivity contribution is 0.102. The van der Waals surface area contributed by atoms with E-state index in [1.165, 1.54) is 7.11 Å². The highest BCUT2D eigenvalue weighted by atomic mass is 35.5. The summed E-state index contributed by atoms with van der Waals surface area (Å²) in [6.07, 6.45) is 0. The number of methoxy groups -OCH3 is 2. The van der Waals surface area contributed by atoms with Gasteiger partial charge in [-0.15, -0.1) is 0 Å². The SMILES string of the molecule is CCOc1cc(C(=O)Nc2cc(OC)ccc2OC)cc(Cl)c1OCc1ccccc1. The number of ether oxygens (including phenoxy) is 4. The summed E-state index contributed by atoms with van der Waals surface area (Å²) in [6, 6.07) is 18.0. The first kappa shape index (κ1) is 22.3. The van der Waals surface area contributed by atoms with Gasteiger partial charge in [-0.1, -0.05) is 41.9 Å². The Morgan fingerprint density at radius 2 is 1.71 bits per heavy atom. The molecule has 0 aliphatic carbocycles. The fourth-order valence-electron chi connectivity index (χ4n) is 2.94. The summed E-state index contributed by atoms with van der Waals surface area (Å²) in [7, 11) is 3.08. The number of anilines is 1. The summed E-state index contributed by atoms with van der Waals surface area (Å²) < 4.78 is 22.1. The standard InChI is InChI=1S/C24H24ClNO5/c1-4-30-22-13-17(12-19(25)23(22)31-15-16-8-6-5-7-9-16)24(27)26-20-14-18(28-2)10-11-21(20)29-3/h5-14H,4,15H2,1-3H3,(H,26,27). The third kappa shape index (κ3) is 5.61. The molecule has 162 valence electrons. The predicted molar refractivity (Wildman–Crippen MR) is 121 cm³/mol. The zero-order valence-corrected chi connectivity index (χ0v) is 18.4. The van der Waals surface area contributed by atoms with Crippen LogP contribution in [0.15, 0.2) is 60.7 Å². The van der Waals surface area contributed by atoms with Gasteiger partial charge in [0.15, 0.2) is 11.5 Å². The molecule has 3 aromatic rings. The lowest BCUT2D eigenvalue weighted by atomic mass is 10.1. The molecule has 0 saturated heterocycles. The van der Waals surface area contributed by atoms with E-state index in [4.69, 9.17) is 30.5 Å². The Balaban J connectivity index is 1.85. The second kappa shape index (κ2) is 10.6. The maximum absolute atomic E-state index is 12.9. The second-order valence-corrected chi connectivity index (χ2v) is 6.92. The van der Waals surface area contributed by atoms with E-state index in [1.807, 2.05) is 37.3 Å². The molecule has 6 nitrogen and oxygen atoms in total. The minimum absolute atomic E-state index is 0.282. The summed E-state index contributed by atoms with van der Waals surface area (Å²) in [4.78, 5) is 12.9. The summed E-state index contributed by atoms with van der Waals surface area (Å²) >= 11 is 6.46. The molecule has 0 heterocycles. The summed E-state index contributed by atoms with van der Waals surface area (Å²) in [5.74, 6) is 1.52. The number of benzene rings is 3. The maximum Gasteiger partial charge on any atom is 0.255 e. The van der Waals surface area contributed by atoms with E-state index in [-0.39, 0.29) is 10.9 Å². The van der Waals surface area contributed by atoms with Gasteiger partial charge in [0.2, 0.25) is 0 Å². The van der Waals surface area contributed by atoms with Crippen LogP contribution >= 0.6 is 11.6 Å². The third-order valence-electron chi connectivity index (χ3n) is 4.45. The molecule has 0 aromatic heterocycles. The largest absolute Gasteiger partial charge is 0.497 e. The average Bonchev–Trinajstić information content (AvgIpc) is 2.79. The zero-order valence-electron chi connectivity index (χ0n) is 17.6. The highest BCUT2D eigenvalue weighted by molar-refractivity contribution is 6.32. The highest BCUT2D eigenvalue weighted by Gasteiger charge is 2.18. The van der Waals surface area contributed by atoms with Gasteiger partial charge >= 0.3 is 0 Å². The van der Waals surface area contributed by atoms with Gasteiger partial charge in [-0.25, -0.2) is 0 Å². The maximum atomic E-state index is 12.9. The van der Waals surface area contributed by atoms with Gasteiger partial charge in [-0.05, 0) is 36.8 Å². The Hall–Kier alpha value is -3.38. The molecule has 0 atom stereocenters. The van der Waals surface area contributed by atoms with Crippen LogP contribution < -0.4 is 24.3 Å². The molecule has 1 amide bonds. The Morgan fingerprint density at radius 1 is 0.935 bits per heavy atom. The molecule has 7 heteroatoms. The lowest BCUT2D eigenvalue weighted by Crippen LogP contribution is -2.13. The van der Waals surface area contributed by atoms with Gasteiger partial charge in [0.1, 0.15) is 18.1 Å². The van der Waals surface area contributed by atoms with Crippen molar-refractivity contribution < 1.29 is 23.7 Å². The number of carbonyl (C=O) groups excluding carboxylic acids is 1. The molecule has 3 rings (SSSR count). The first-order valence-corrected chi connectivity index (χ1v) is 10.1. The van der Waals surface area contributed by atoms with Crippen LogP contribution in [-0.2, 0) is 6.61 Å². The first-order chi connectivity index (χ1) is 15.0. The van der Waals surface area contributed by atoms with Crippen LogP contribution in [0.2, 0.25) is 5.02 Å². The molecule has 0 fully saturated rings. The number of nitrogens with one attached hydrogen (secondary N) is 1. The number of rotatable bonds is 9. The normalized spacial score (nSPS) is 10.3. The van der Waals surface area contributed by atoms with E-state index in [1.54, 1.807) is 37.4 Å². The predicted octanol–water partition coefficient (Wildman–Crippen LogP) is 5.59. The van der Waals surface area contributed by atoms with Gasteiger partial charge < -0.3 is 24.3 Å². The van der Waals surface area contributed by atoms with Gasteiger partial charge in [0.25, 0.3) is 5.91 Å². The van der Waals surface area contributed by atoms with E-state index >= 15 is 0 Å². The third-order valence-corrected chi connectivity index (χ3v) is 4.73. The van der Waals surface area contributed by atoms with Crippen LogP contribution in [0.4, 0.5) is 5.69 Å². The van der Waals surface area contributed by atoms with Crippen LogP contribution in [0.1, 0.15) is 22.8 Å². The number of amides is 1. The Kier molecular flexibility index (Phi) is 7.62. The molecule has 0 bridgehead atoms. The van der Waals surface area contributed by atoms with Crippen molar-refractivity contribution in [2.24, 2.45) is 0 Å². The Bertz CT molecular complexity index is 1040. The van der Waals surface area contributed by atoms with Crippen molar-refractivity contribution in [1.29, 1.82) is 0 Å². The molecule has 0 saturated carbocycles. The quantitative estimate of drug-likeness (QED) is 0.469. The van der Waals surface area contributed by atoms with Crippen LogP contribution in [0.3, 0.4) is 0 Å². The minimum atomic E-state index is -0.371. The van der Waals surface area contributed by atoms with Crippen LogP contribution in [0, 0.1) is 0 Å². The van der Waals surface area contributed by atoms with Crippen LogP contribution in [-0.4, -0.2) is 26.7 Å². The van der Waals surface area contributed by atoms with E-state index in [0.717, 1.165) is 5.56 Å². The fraction of sp³-hybridized carbons (Fsp3) is 0.208. The van der Waals surface area contributed by atoms with Crippen molar-refractivity contribution in [3.63, 3.8) is 0 Å². The fourth-order valence-corrected chi connectivity index (χ4v) is 3.20. The zero-order chi connectivity index (χ0) is 22.2. The molecule has 0 spiro atoms. The van der Waals surface area contributed by atoms with Crippen molar-refractivity contribution in [2.75, 3.05) is 26.1 Å². The molecular weight excluding hydrogens is 418 g/mol. The van der Waals surface area contributed by atoms with Gasteiger partial charge in [-0.3, -0.25) is 4.79 Å². The van der Waals surface area contributed by atoms with Crippen LogP contribution in [0.25, 0.3) is 0 Å². The lowest BCUT2D eigenvalue weighted by Gasteiger charge is -2.16. The highest BCUT2D eigenvalue weighted by Crippen LogP contribution is 2.38. The van der Waals surface area contributed by atoms with Crippen molar-refractivity contribution >= 4 is 23.2 Å². The number of halogens is 1. The molecule has 1 N–H and O–H groups in total. The van der Waals surface area contributed by atoms with Crippen LogP contribution in [0.5, 0.6) is 23.0 Å². The van der Waals surface area contributed by atoms with E-state index < -0.39 is 0 Å². The van der Waals surface area contributed by atoms with Gasteiger partial charge in [0.05, 0.1) is 31.5 Å². The van der Waals surface area contributed by atoms with Crippen molar-refractivity contribution in [3.05, 3.63) is 76.8 Å². The minimum Gasteiger partial charge on any atom is -0.497 e. The summed E-state index contributed by atoms with van der Waals surface area (Å²) in [6.45, 7) is 2.57. The van der Waals surface area contributed by atoms with E-state index in [0.29, 0.717) is 47.5 Å². The van der Waals surface area contributed by atoms with Crippen molar-refractivity contribution in [2.45, 2.75) is 13.5 Å². The number of hydrogen-bond donors (Lipinski definition) is 1.